The number of rotatable bonds is 3. The number of benzene rings is 2. The number of hydrogen-bond acceptors (Lipinski definition) is 1. The van der Waals surface area contributed by atoms with Crippen molar-refractivity contribution in [2.75, 3.05) is 5.32 Å². The largest absolute Gasteiger partial charge is 0.378 e. The summed E-state index contributed by atoms with van der Waals surface area (Å²) in [6.45, 7) is 1.80. The van der Waals surface area contributed by atoms with E-state index in [0.29, 0.717) is 10.0 Å². The summed E-state index contributed by atoms with van der Waals surface area (Å²) in [6.07, 6.45) is 0. The number of nitrogens with one attached hydrogen (secondary N) is 1. The fourth-order valence-electron chi connectivity index (χ4n) is 1.64. The predicted octanol–water partition coefficient (Wildman–Crippen LogP) is 5.19. The standard InChI is InChI=1S/C14H11Cl2F2N/c1-8-4-13(18)14(6-12(8)17)19-7-9-2-3-10(15)5-11(9)16/h2-6,19H,7H2,1H3. The average molecular weight is 302 g/mol. The van der Waals surface area contributed by atoms with E-state index in [1.165, 1.54) is 6.92 Å². The quantitative estimate of drug-likeness (QED) is 0.822. The van der Waals surface area contributed by atoms with Crippen molar-refractivity contribution in [2.45, 2.75) is 13.5 Å². The number of halogens is 4. The maximum Gasteiger partial charge on any atom is 0.146 e. The summed E-state index contributed by atoms with van der Waals surface area (Å²) in [5, 5.41) is 3.82. The Morgan fingerprint density at radius 1 is 1.05 bits per heavy atom. The summed E-state index contributed by atoms with van der Waals surface area (Å²) in [7, 11) is 0. The van der Waals surface area contributed by atoms with Crippen molar-refractivity contribution in [1.29, 1.82) is 0 Å². The van der Waals surface area contributed by atoms with Crippen LogP contribution in [0.1, 0.15) is 11.1 Å². The molecule has 2 rings (SSSR count). The Balaban J connectivity index is 2.16. The minimum atomic E-state index is -0.496. The van der Waals surface area contributed by atoms with Gasteiger partial charge in [0.1, 0.15) is 11.6 Å². The van der Waals surface area contributed by atoms with Crippen molar-refractivity contribution in [2.24, 2.45) is 0 Å². The zero-order chi connectivity index (χ0) is 14.0. The molecule has 0 heterocycles. The van der Waals surface area contributed by atoms with Gasteiger partial charge in [0, 0.05) is 22.7 Å². The van der Waals surface area contributed by atoms with Gasteiger partial charge in [0.15, 0.2) is 0 Å². The summed E-state index contributed by atoms with van der Waals surface area (Å²) < 4.78 is 27.0. The van der Waals surface area contributed by atoms with Crippen LogP contribution in [0.2, 0.25) is 10.0 Å². The van der Waals surface area contributed by atoms with Gasteiger partial charge >= 0.3 is 0 Å². The van der Waals surface area contributed by atoms with Crippen LogP contribution in [-0.2, 0) is 6.54 Å². The highest BCUT2D eigenvalue weighted by Gasteiger charge is 2.08. The minimum absolute atomic E-state index is 0.106. The first-order valence-electron chi connectivity index (χ1n) is 5.61. The van der Waals surface area contributed by atoms with Crippen LogP contribution >= 0.6 is 23.2 Å². The molecule has 0 bridgehead atoms. The molecule has 0 fully saturated rings. The summed E-state index contributed by atoms with van der Waals surface area (Å²) in [6, 6.07) is 7.32. The van der Waals surface area contributed by atoms with Gasteiger partial charge in [0.05, 0.1) is 5.69 Å². The van der Waals surface area contributed by atoms with Crippen LogP contribution in [0.25, 0.3) is 0 Å². The molecule has 19 heavy (non-hydrogen) atoms. The van der Waals surface area contributed by atoms with Crippen LogP contribution in [0.5, 0.6) is 0 Å². The van der Waals surface area contributed by atoms with Gasteiger partial charge in [-0.05, 0) is 36.2 Å². The lowest BCUT2D eigenvalue weighted by Gasteiger charge is -2.10. The van der Waals surface area contributed by atoms with E-state index in [9.17, 15) is 8.78 Å². The highest BCUT2D eigenvalue weighted by molar-refractivity contribution is 6.35. The van der Waals surface area contributed by atoms with Gasteiger partial charge < -0.3 is 5.32 Å². The molecule has 1 N–H and O–H groups in total. The molecule has 1 nitrogen and oxygen atoms in total. The SMILES string of the molecule is Cc1cc(F)c(NCc2ccc(Cl)cc2Cl)cc1F. The molecule has 2 aromatic rings. The van der Waals surface area contributed by atoms with E-state index in [0.717, 1.165) is 17.7 Å². The van der Waals surface area contributed by atoms with E-state index in [2.05, 4.69) is 5.32 Å². The van der Waals surface area contributed by atoms with E-state index < -0.39 is 11.6 Å². The molecule has 0 amide bonds. The average Bonchev–Trinajstić information content (AvgIpc) is 2.34. The summed E-state index contributed by atoms with van der Waals surface area (Å²) >= 11 is 11.8. The Labute approximate surface area is 120 Å². The van der Waals surface area contributed by atoms with Gasteiger partial charge in [-0.1, -0.05) is 29.3 Å². The first kappa shape index (κ1) is 14.1. The maximum absolute atomic E-state index is 13.6. The van der Waals surface area contributed by atoms with Crippen molar-refractivity contribution in [3.8, 4) is 0 Å². The second kappa shape index (κ2) is 5.76. The van der Waals surface area contributed by atoms with Crippen LogP contribution in [0.3, 0.4) is 0 Å². The Morgan fingerprint density at radius 2 is 1.79 bits per heavy atom. The number of anilines is 1. The molecular weight excluding hydrogens is 291 g/mol. The predicted molar refractivity (Wildman–Crippen MR) is 74.9 cm³/mol. The first-order chi connectivity index (χ1) is 8.97. The van der Waals surface area contributed by atoms with Gasteiger partial charge in [-0.25, -0.2) is 8.78 Å². The molecule has 0 atom stereocenters. The fraction of sp³-hybridized carbons (Fsp3) is 0.143. The molecule has 0 spiro atoms. The normalized spacial score (nSPS) is 10.6. The lowest BCUT2D eigenvalue weighted by molar-refractivity contribution is 0.594. The topological polar surface area (TPSA) is 12.0 Å². The molecule has 0 saturated carbocycles. The molecule has 100 valence electrons. The molecule has 0 aliphatic rings. The third-order valence-corrected chi connectivity index (χ3v) is 3.32. The van der Waals surface area contributed by atoms with E-state index >= 15 is 0 Å². The van der Waals surface area contributed by atoms with Gasteiger partial charge in [-0.3, -0.25) is 0 Å². The molecule has 0 aliphatic heterocycles. The molecule has 0 radical (unpaired) electrons. The van der Waals surface area contributed by atoms with Crippen molar-refractivity contribution < 1.29 is 8.78 Å². The second-order valence-corrected chi connectivity index (χ2v) is 5.01. The summed E-state index contributed by atoms with van der Waals surface area (Å²) in [5.41, 5.74) is 1.13. The second-order valence-electron chi connectivity index (χ2n) is 4.17. The van der Waals surface area contributed by atoms with Gasteiger partial charge in [-0.15, -0.1) is 0 Å². The molecule has 0 unspecified atom stereocenters. The molecule has 0 aliphatic carbocycles. The monoisotopic (exact) mass is 301 g/mol. The first-order valence-corrected chi connectivity index (χ1v) is 6.36. The highest BCUT2D eigenvalue weighted by atomic mass is 35.5. The maximum atomic E-state index is 13.6. The highest BCUT2D eigenvalue weighted by Crippen LogP contribution is 2.23. The molecule has 0 saturated heterocycles. The van der Waals surface area contributed by atoms with Gasteiger partial charge in [-0.2, -0.15) is 0 Å². The van der Waals surface area contributed by atoms with Crippen LogP contribution in [-0.4, -0.2) is 0 Å². The Morgan fingerprint density at radius 3 is 2.47 bits per heavy atom. The summed E-state index contributed by atoms with van der Waals surface area (Å²) in [5.74, 6) is -0.949. The van der Waals surface area contributed by atoms with Crippen molar-refractivity contribution >= 4 is 28.9 Å². The van der Waals surface area contributed by atoms with Gasteiger partial charge in [0.2, 0.25) is 0 Å². The third kappa shape index (κ3) is 3.37. The minimum Gasteiger partial charge on any atom is -0.378 e. The van der Waals surface area contributed by atoms with Crippen LogP contribution < -0.4 is 5.32 Å². The zero-order valence-electron chi connectivity index (χ0n) is 10.1. The zero-order valence-corrected chi connectivity index (χ0v) is 11.6. The van der Waals surface area contributed by atoms with Crippen LogP contribution in [0, 0.1) is 18.6 Å². The van der Waals surface area contributed by atoms with Crippen molar-refractivity contribution in [1.82, 2.24) is 0 Å². The van der Waals surface area contributed by atoms with Crippen LogP contribution in [0.15, 0.2) is 30.3 Å². The molecule has 2 aromatic carbocycles. The third-order valence-electron chi connectivity index (χ3n) is 2.73. The lowest BCUT2D eigenvalue weighted by Crippen LogP contribution is -2.03. The van der Waals surface area contributed by atoms with Crippen molar-refractivity contribution in [3.05, 3.63) is 63.1 Å². The van der Waals surface area contributed by atoms with E-state index in [1.54, 1.807) is 18.2 Å². The lowest BCUT2D eigenvalue weighted by atomic mass is 10.2. The van der Waals surface area contributed by atoms with E-state index in [-0.39, 0.29) is 17.8 Å². The Hall–Kier alpha value is -1.32. The smallest absolute Gasteiger partial charge is 0.146 e. The molecule has 5 heteroatoms. The fourth-order valence-corrected chi connectivity index (χ4v) is 2.11. The Bertz CT molecular complexity index is 615. The Kier molecular flexibility index (Phi) is 4.27. The van der Waals surface area contributed by atoms with E-state index in [1.807, 2.05) is 0 Å². The van der Waals surface area contributed by atoms with E-state index in [4.69, 9.17) is 23.2 Å². The summed E-state index contributed by atoms with van der Waals surface area (Å²) in [4.78, 5) is 0. The molecular formula is C14H11Cl2F2N. The van der Waals surface area contributed by atoms with Crippen LogP contribution in [0.4, 0.5) is 14.5 Å². The molecule has 0 aromatic heterocycles. The number of hydrogen-bond donors (Lipinski definition) is 1. The number of aryl methyl sites for hydroxylation is 1. The van der Waals surface area contributed by atoms with Crippen molar-refractivity contribution in [3.63, 3.8) is 0 Å². The van der Waals surface area contributed by atoms with Gasteiger partial charge in [0.25, 0.3) is 0 Å².